The molecule has 1 N–H and O–H groups in total. The molecule has 36 heavy (non-hydrogen) atoms. The second kappa shape index (κ2) is 10.8. The van der Waals surface area contributed by atoms with Crippen molar-refractivity contribution in [2.24, 2.45) is 0 Å². The van der Waals surface area contributed by atoms with Crippen LogP contribution in [0.15, 0.2) is 64.5 Å². The number of hydrogen-bond acceptors (Lipinski definition) is 8. The first-order valence-corrected chi connectivity index (χ1v) is 12.8. The van der Waals surface area contributed by atoms with E-state index in [-0.39, 0.29) is 27.6 Å². The van der Waals surface area contributed by atoms with Crippen LogP contribution in [0.4, 0.5) is 5.00 Å². The summed E-state index contributed by atoms with van der Waals surface area (Å²) in [4.78, 5) is 43.7. The lowest BCUT2D eigenvalue weighted by Crippen LogP contribution is -2.26. The Morgan fingerprint density at radius 3 is 2.58 bits per heavy atom. The highest BCUT2D eigenvalue weighted by Crippen LogP contribution is 2.34. The number of benzene rings is 2. The molecule has 0 spiro atoms. The second-order valence-electron chi connectivity index (χ2n) is 7.73. The summed E-state index contributed by atoms with van der Waals surface area (Å²) in [6.45, 7) is 5.24. The Labute approximate surface area is 215 Å². The summed E-state index contributed by atoms with van der Waals surface area (Å²) < 4.78 is 6.55. The number of hydrogen-bond donors (Lipinski definition) is 1. The highest BCUT2D eigenvalue weighted by molar-refractivity contribution is 8.00. The summed E-state index contributed by atoms with van der Waals surface area (Å²) in [7, 11) is 0. The average molecular weight is 519 g/mol. The van der Waals surface area contributed by atoms with Gasteiger partial charge in [0.25, 0.3) is 5.56 Å². The number of carbonyl (C=O) groups excluding carboxylic acids is 2. The molecule has 8 nitrogen and oxygen atoms in total. The molecule has 0 radical (unpaired) electrons. The van der Waals surface area contributed by atoms with Gasteiger partial charge in [0.05, 0.1) is 34.0 Å². The van der Waals surface area contributed by atoms with Crippen molar-refractivity contribution in [1.82, 2.24) is 9.55 Å². The van der Waals surface area contributed by atoms with Crippen molar-refractivity contribution < 1.29 is 14.3 Å². The Hall–Kier alpha value is -3.94. The van der Waals surface area contributed by atoms with Gasteiger partial charge >= 0.3 is 5.97 Å². The lowest BCUT2D eigenvalue weighted by molar-refractivity contribution is -0.115. The quantitative estimate of drug-likeness (QED) is 0.210. The highest BCUT2D eigenvalue weighted by Gasteiger charge is 2.25. The fraction of sp³-hybridized carbons (Fsp3) is 0.192. The van der Waals surface area contributed by atoms with E-state index in [1.165, 1.54) is 4.57 Å². The van der Waals surface area contributed by atoms with Gasteiger partial charge in [-0.15, -0.1) is 11.3 Å². The molecule has 0 aliphatic carbocycles. The van der Waals surface area contributed by atoms with Crippen LogP contribution < -0.4 is 10.9 Å². The van der Waals surface area contributed by atoms with Gasteiger partial charge in [0.1, 0.15) is 15.9 Å². The first-order chi connectivity index (χ1) is 17.3. The van der Waals surface area contributed by atoms with Crippen LogP contribution in [-0.2, 0) is 9.53 Å². The van der Waals surface area contributed by atoms with E-state index in [0.29, 0.717) is 27.3 Å². The number of rotatable bonds is 7. The summed E-state index contributed by atoms with van der Waals surface area (Å²) in [5.74, 6) is -0.929. The lowest BCUT2D eigenvalue weighted by atomic mass is 10.2. The molecule has 182 valence electrons. The number of esters is 1. The monoisotopic (exact) mass is 518 g/mol. The maximum atomic E-state index is 13.4. The van der Waals surface area contributed by atoms with Crippen molar-refractivity contribution >= 4 is 50.9 Å². The first kappa shape index (κ1) is 25.2. The van der Waals surface area contributed by atoms with Gasteiger partial charge in [-0.05, 0) is 50.6 Å². The molecule has 2 aromatic heterocycles. The van der Waals surface area contributed by atoms with E-state index in [2.05, 4.69) is 16.4 Å². The number of nitrogens with one attached hydrogen (secondary N) is 1. The zero-order valence-corrected chi connectivity index (χ0v) is 21.4. The largest absolute Gasteiger partial charge is 0.462 e. The van der Waals surface area contributed by atoms with E-state index in [9.17, 15) is 19.6 Å². The van der Waals surface area contributed by atoms with Crippen LogP contribution in [0, 0.1) is 18.3 Å². The van der Waals surface area contributed by atoms with Crippen LogP contribution in [-0.4, -0.2) is 33.3 Å². The van der Waals surface area contributed by atoms with E-state index < -0.39 is 17.1 Å². The van der Waals surface area contributed by atoms with Gasteiger partial charge in [0, 0.05) is 0 Å². The second-order valence-corrected chi connectivity index (χ2v) is 10.1. The maximum absolute atomic E-state index is 13.4. The average Bonchev–Trinajstić information content (AvgIpc) is 3.19. The Morgan fingerprint density at radius 1 is 1.19 bits per heavy atom. The molecule has 4 rings (SSSR count). The molecular formula is C26H22N4O4S2. The molecule has 0 fully saturated rings. The van der Waals surface area contributed by atoms with Crippen LogP contribution in [0.5, 0.6) is 0 Å². The van der Waals surface area contributed by atoms with Gasteiger partial charge < -0.3 is 10.1 Å². The fourth-order valence-corrected chi connectivity index (χ4v) is 5.53. The normalized spacial score (nSPS) is 11.6. The topological polar surface area (TPSA) is 114 Å². The third kappa shape index (κ3) is 4.89. The number of amides is 1. The first-order valence-electron chi connectivity index (χ1n) is 11.1. The Morgan fingerprint density at radius 2 is 1.89 bits per heavy atom. The standard InChI is InChI=1S/C26H22N4O4S2/c1-4-34-25(33)21-15(2)19(14-27)23(36-21)29-22(31)16(3)35-26-28-20-13-9-8-12-18(20)24(32)30(26)17-10-6-5-7-11-17/h5-13,16H,4H2,1-3H3,(H,29,31). The summed E-state index contributed by atoms with van der Waals surface area (Å²) >= 11 is 2.14. The van der Waals surface area contributed by atoms with Crippen molar-refractivity contribution in [3.63, 3.8) is 0 Å². The predicted molar refractivity (Wildman–Crippen MR) is 141 cm³/mol. The SMILES string of the molecule is CCOC(=O)c1sc(NC(=O)C(C)Sc2nc3ccccc3c(=O)n2-c2ccccc2)c(C#N)c1C. The molecule has 0 bridgehead atoms. The van der Waals surface area contributed by atoms with Gasteiger partial charge in [0.15, 0.2) is 5.16 Å². The van der Waals surface area contributed by atoms with E-state index >= 15 is 0 Å². The number of aromatic nitrogens is 2. The minimum atomic E-state index is -0.673. The number of nitriles is 1. The minimum absolute atomic E-state index is 0.204. The molecule has 1 atom stereocenters. The summed E-state index contributed by atoms with van der Waals surface area (Å²) in [6, 6.07) is 18.2. The van der Waals surface area contributed by atoms with E-state index in [1.54, 1.807) is 57.2 Å². The van der Waals surface area contributed by atoms with Crippen LogP contribution in [0.1, 0.15) is 34.6 Å². The summed E-state index contributed by atoms with van der Waals surface area (Å²) in [6.07, 6.45) is 0. The summed E-state index contributed by atoms with van der Waals surface area (Å²) in [5, 5.41) is 12.8. The van der Waals surface area contributed by atoms with Gasteiger partial charge in [-0.25, -0.2) is 9.78 Å². The molecule has 0 aliphatic rings. The maximum Gasteiger partial charge on any atom is 0.348 e. The molecule has 2 heterocycles. The number of anilines is 1. The number of ether oxygens (including phenoxy) is 1. The molecule has 1 amide bonds. The van der Waals surface area contributed by atoms with Crippen molar-refractivity contribution in [3.05, 3.63) is 81.0 Å². The number of carbonyl (C=O) groups is 2. The van der Waals surface area contributed by atoms with Crippen molar-refractivity contribution in [2.45, 2.75) is 31.2 Å². The molecule has 2 aromatic carbocycles. The molecule has 10 heteroatoms. The fourth-order valence-electron chi connectivity index (χ4n) is 3.55. The van der Waals surface area contributed by atoms with Crippen LogP contribution in [0.2, 0.25) is 0 Å². The molecule has 4 aromatic rings. The Kier molecular flexibility index (Phi) is 7.52. The predicted octanol–water partition coefficient (Wildman–Crippen LogP) is 4.92. The number of fused-ring (bicyclic) bond motifs is 1. The van der Waals surface area contributed by atoms with Gasteiger partial charge in [0.2, 0.25) is 5.91 Å². The third-order valence-electron chi connectivity index (χ3n) is 5.37. The molecule has 1 unspecified atom stereocenters. The van der Waals surface area contributed by atoms with Crippen LogP contribution >= 0.6 is 23.1 Å². The van der Waals surface area contributed by atoms with Crippen LogP contribution in [0.25, 0.3) is 16.6 Å². The Bertz CT molecular complexity index is 1550. The smallest absolute Gasteiger partial charge is 0.348 e. The third-order valence-corrected chi connectivity index (χ3v) is 7.61. The van der Waals surface area contributed by atoms with Gasteiger partial charge in [-0.3, -0.25) is 14.2 Å². The van der Waals surface area contributed by atoms with Crippen molar-refractivity contribution in [2.75, 3.05) is 11.9 Å². The summed E-state index contributed by atoms with van der Waals surface area (Å²) in [5.41, 5.74) is 1.62. The lowest BCUT2D eigenvalue weighted by Gasteiger charge is -2.16. The van der Waals surface area contributed by atoms with Gasteiger partial charge in [-0.1, -0.05) is 42.1 Å². The number of para-hydroxylation sites is 2. The zero-order chi connectivity index (χ0) is 25.8. The van der Waals surface area contributed by atoms with Crippen molar-refractivity contribution in [1.29, 1.82) is 5.26 Å². The zero-order valence-electron chi connectivity index (χ0n) is 19.8. The molecule has 0 aliphatic heterocycles. The Balaban J connectivity index is 1.67. The molecule has 0 saturated carbocycles. The van der Waals surface area contributed by atoms with Crippen LogP contribution in [0.3, 0.4) is 0 Å². The minimum Gasteiger partial charge on any atom is -0.462 e. The van der Waals surface area contributed by atoms with Crippen molar-refractivity contribution in [3.8, 4) is 11.8 Å². The molecule has 0 saturated heterocycles. The molecular weight excluding hydrogens is 496 g/mol. The van der Waals surface area contributed by atoms with E-state index in [4.69, 9.17) is 4.74 Å². The van der Waals surface area contributed by atoms with E-state index in [0.717, 1.165) is 23.1 Å². The van der Waals surface area contributed by atoms with E-state index in [1.807, 2.05) is 18.2 Å². The number of nitrogens with zero attached hydrogens (tertiary/aromatic N) is 3. The van der Waals surface area contributed by atoms with Gasteiger partial charge in [-0.2, -0.15) is 5.26 Å². The highest BCUT2D eigenvalue weighted by atomic mass is 32.2. The number of thiophene rings is 1. The number of thioether (sulfide) groups is 1.